The number of nitrogens with zero attached hydrogens (tertiary/aromatic N) is 3. The number of aliphatic hydroxyl groups excluding tert-OH is 1. The van der Waals surface area contributed by atoms with Crippen molar-refractivity contribution in [3.8, 4) is 5.75 Å². The number of carbonyl (C=O) groups is 2. The van der Waals surface area contributed by atoms with Gasteiger partial charge in [0.05, 0.1) is 31.1 Å². The molecule has 2 heterocycles. The number of carbonyl (C=O) groups excluding carboxylic acids is 2. The Kier molecular flexibility index (Phi) is 4.88. The second kappa shape index (κ2) is 7.11. The summed E-state index contributed by atoms with van der Waals surface area (Å²) in [6, 6.07) is 0. The molecule has 26 heavy (non-hydrogen) atoms. The highest BCUT2D eigenvalue weighted by Crippen LogP contribution is 2.26. The first-order valence-electron chi connectivity index (χ1n) is 8.44. The van der Waals surface area contributed by atoms with E-state index in [9.17, 15) is 14.7 Å². The third kappa shape index (κ3) is 3.24. The highest BCUT2D eigenvalue weighted by atomic mass is 16.5. The van der Waals surface area contributed by atoms with Crippen molar-refractivity contribution in [2.24, 2.45) is 0 Å². The van der Waals surface area contributed by atoms with Crippen LogP contribution in [0, 0.1) is 13.8 Å². The number of hydrogen-bond donors (Lipinski definition) is 1. The average molecular weight is 355 g/mol. The molecule has 3 rings (SSSR count). The Balaban J connectivity index is 1.89. The first-order valence-corrected chi connectivity index (χ1v) is 8.44. The maximum atomic E-state index is 12.0. The van der Waals surface area contributed by atoms with Crippen LogP contribution in [0.4, 0.5) is 0 Å². The van der Waals surface area contributed by atoms with Gasteiger partial charge in [0, 0.05) is 36.4 Å². The number of aromatic nitrogens is 3. The van der Waals surface area contributed by atoms with E-state index in [-0.39, 0.29) is 35.7 Å². The first-order chi connectivity index (χ1) is 12.4. The maximum absolute atomic E-state index is 12.0. The quantitative estimate of drug-likeness (QED) is 0.514. The fraction of sp³-hybridized carbons (Fsp3) is 0.368. The number of pyridine rings is 1. The van der Waals surface area contributed by atoms with Crippen LogP contribution >= 0.6 is 0 Å². The molecule has 1 aliphatic rings. The number of rotatable bonds is 4. The molecule has 1 saturated carbocycles. The lowest BCUT2D eigenvalue weighted by atomic mass is 9.90. The van der Waals surface area contributed by atoms with E-state index in [1.54, 1.807) is 24.2 Å². The van der Waals surface area contributed by atoms with E-state index in [1.165, 1.54) is 6.20 Å². The Bertz CT molecular complexity index is 894. The molecule has 0 bridgehead atoms. The van der Waals surface area contributed by atoms with Gasteiger partial charge in [-0.2, -0.15) is 5.10 Å². The summed E-state index contributed by atoms with van der Waals surface area (Å²) >= 11 is 0. The molecule has 2 aromatic heterocycles. The molecule has 136 valence electrons. The monoisotopic (exact) mass is 355 g/mol. The molecule has 0 aliphatic heterocycles. The van der Waals surface area contributed by atoms with E-state index < -0.39 is 0 Å². The number of hydrogen-bond acceptors (Lipinski definition) is 6. The van der Waals surface area contributed by atoms with Crippen LogP contribution in [0.1, 0.15) is 41.6 Å². The van der Waals surface area contributed by atoms with E-state index in [0.29, 0.717) is 18.5 Å². The zero-order chi connectivity index (χ0) is 18.8. The molecule has 0 unspecified atom stereocenters. The van der Waals surface area contributed by atoms with Crippen LogP contribution in [-0.4, -0.2) is 38.5 Å². The number of ketones is 2. The lowest BCUT2D eigenvalue weighted by Crippen LogP contribution is -2.20. The van der Waals surface area contributed by atoms with E-state index in [4.69, 9.17) is 4.74 Å². The molecule has 2 aromatic rings. The molecule has 7 nitrogen and oxygen atoms in total. The fourth-order valence-corrected chi connectivity index (χ4v) is 3.18. The van der Waals surface area contributed by atoms with Crippen molar-refractivity contribution in [3.63, 3.8) is 0 Å². The van der Waals surface area contributed by atoms with Gasteiger partial charge in [-0.15, -0.1) is 0 Å². The number of aliphatic hydroxyl groups is 1. The fourth-order valence-electron chi connectivity index (χ4n) is 3.18. The van der Waals surface area contributed by atoms with Crippen LogP contribution in [0.5, 0.6) is 5.75 Å². The van der Waals surface area contributed by atoms with Gasteiger partial charge in [-0.3, -0.25) is 19.3 Å². The van der Waals surface area contributed by atoms with Gasteiger partial charge < -0.3 is 9.84 Å². The van der Waals surface area contributed by atoms with Gasteiger partial charge in [-0.25, -0.2) is 0 Å². The predicted octanol–water partition coefficient (Wildman–Crippen LogP) is 2.54. The van der Waals surface area contributed by atoms with Crippen LogP contribution in [0.2, 0.25) is 0 Å². The molecule has 0 atom stereocenters. The van der Waals surface area contributed by atoms with Gasteiger partial charge in [0.2, 0.25) is 0 Å². The summed E-state index contributed by atoms with van der Waals surface area (Å²) in [4.78, 5) is 28.4. The van der Waals surface area contributed by atoms with Crippen LogP contribution in [0.3, 0.4) is 0 Å². The molecular formula is C19H21N3O4. The van der Waals surface area contributed by atoms with Crippen molar-refractivity contribution >= 4 is 17.3 Å². The standard InChI is InChI=1S/C19H21N3O4/c1-11-7-20-14(12(2)19(11)26-3)10-22-9-13(8-21-22)18(25)17-15(23)5-4-6-16(17)24/h7-9,25H,4-6,10H2,1-3H3. The average Bonchev–Trinajstić information content (AvgIpc) is 3.06. The Morgan fingerprint density at radius 1 is 1.23 bits per heavy atom. The maximum Gasteiger partial charge on any atom is 0.170 e. The van der Waals surface area contributed by atoms with Crippen LogP contribution in [-0.2, 0) is 16.1 Å². The lowest BCUT2D eigenvalue weighted by molar-refractivity contribution is -0.123. The molecule has 1 aliphatic carbocycles. The van der Waals surface area contributed by atoms with E-state index in [1.807, 2.05) is 13.8 Å². The van der Waals surface area contributed by atoms with Crippen molar-refractivity contribution in [1.82, 2.24) is 14.8 Å². The Morgan fingerprint density at radius 3 is 2.58 bits per heavy atom. The summed E-state index contributed by atoms with van der Waals surface area (Å²) < 4.78 is 7.01. The van der Waals surface area contributed by atoms with Crippen molar-refractivity contribution in [2.75, 3.05) is 7.11 Å². The van der Waals surface area contributed by atoms with Crippen molar-refractivity contribution < 1.29 is 19.4 Å². The van der Waals surface area contributed by atoms with E-state index in [0.717, 1.165) is 22.6 Å². The van der Waals surface area contributed by atoms with Gasteiger partial charge >= 0.3 is 0 Å². The Morgan fingerprint density at radius 2 is 1.92 bits per heavy atom. The number of Topliss-reactive ketones (excluding diaryl/α,β-unsaturated/α-hetero) is 2. The summed E-state index contributed by atoms with van der Waals surface area (Å²) in [6.07, 6.45) is 5.89. The number of aryl methyl sites for hydroxylation is 1. The largest absolute Gasteiger partial charge is 0.506 e. The van der Waals surface area contributed by atoms with Crippen molar-refractivity contribution in [2.45, 2.75) is 39.7 Å². The summed E-state index contributed by atoms with van der Waals surface area (Å²) in [5.41, 5.74) is 2.90. The predicted molar refractivity (Wildman–Crippen MR) is 95.0 cm³/mol. The van der Waals surface area contributed by atoms with Gasteiger partial charge in [-0.05, 0) is 20.3 Å². The van der Waals surface area contributed by atoms with Crippen molar-refractivity contribution in [3.05, 3.63) is 46.5 Å². The van der Waals surface area contributed by atoms with Gasteiger partial charge in [0.1, 0.15) is 17.1 Å². The van der Waals surface area contributed by atoms with Crippen molar-refractivity contribution in [1.29, 1.82) is 0 Å². The smallest absolute Gasteiger partial charge is 0.170 e. The number of methoxy groups -OCH3 is 1. The first kappa shape index (κ1) is 17.8. The Hall–Kier alpha value is -2.96. The third-order valence-corrected chi connectivity index (χ3v) is 4.57. The minimum Gasteiger partial charge on any atom is -0.506 e. The van der Waals surface area contributed by atoms with E-state index >= 15 is 0 Å². The topological polar surface area (TPSA) is 94.3 Å². The zero-order valence-corrected chi connectivity index (χ0v) is 15.1. The minimum absolute atomic E-state index is 0.109. The zero-order valence-electron chi connectivity index (χ0n) is 15.1. The summed E-state index contributed by atoms with van der Waals surface area (Å²) in [7, 11) is 1.62. The molecule has 0 radical (unpaired) electrons. The molecule has 1 fully saturated rings. The van der Waals surface area contributed by atoms with Gasteiger partial charge in [0.15, 0.2) is 11.6 Å². The minimum atomic E-state index is -0.313. The molecular weight excluding hydrogens is 334 g/mol. The van der Waals surface area contributed by atoms with Gasteiger partial charge in [0.25, 0.3) is 0 Å². The molecule has 0 spiro atoms. The number of allylic oxidation sites excluding steroid dienone is 1. The molecule has 0 aromatic carbocycles. The second-order valence-corrected chi connectivity index (χ2v) is 6.40. The Labute approximate surface area is 151 Å². The van der Waals surface area contributed by atoms with Crippen LogP contribution in [0.15, 0.2) is 24.2 Å². The molecule has 7 heteroatoms. The summed E-state index contributed by atoms with van der Waals surface area (Å²) in [5.74, 6) is -0.137. The molecule has 0 saturated heterocycles. The highest BCUT2D eigenvalue weighted by Gasteiger charge is 2.28. The molecule has 1 N–H and O–H groups in total. The second-order valence-electron chi connectivity index (χ2n) is 6.40. The number of ether oxygens (including phenoxy) is 1. The summed E-state index contributed by atoms with van der Waals surface area (Å²) in [6.45, 7) is 4.24. The SMILES string of the molecule is COc1c(C)cnc(Cn2cc(C(O)=C3C(=O)CCCC3=O)cn2)c1C. The third-order valence-electron chi connectivity index (χ3n) is 4.57. The highest BCUT2D eigenvalue weighted by molar-refractivity contribution is 6.25. The summed E-state index contributed by atoms with van der Waals surface area (Å²) in [5, 5.41) is 14.6. The van der Waals surface area contributed by atoms with E-state index in [2.05, 4.69) is 10.1 Å². The van der Waals surface area contributed by atoms with Crippen LogP contribution in [0.25, 0.3) is 5.76 Å². The van der Waals surface area contributed by atoms with Crippen LogP contribution < -0.4 is 4.74 Å². The lowest BCUT2D eigenvalue weighted by Gasteiger charge is -2.13. The van der Waals surface area contributed by atoms with Gasteiger partial charge in [-0.1, -0.05) is 0 Å². The molecule has 0 amide bonds. The normalized spacial score (nSPS) is 14.7.